The van der Waals surface area contributed by atoms with Crippen LogP contribution in [0.1, 0.15) is 12.0 Å². The molecule has 0 fully saturated rings. The molecular weight excluding hydrogens is 280 g/mol. The molecule has 0 atom stereocenters. The Morgan fingerprint density at radius 3 is 2.67 bits per heavy atom. The highest BCUT2D eigenvalue weighted by Crippen LogP contribution is 2.27. The van der Waals surface area contributed by atoms with E-state index in [-0.39, 0.29) is 0 Å². The smallest absolute Gasteiger partial charge is 0.177 e. The number of hydrogen-bond acceptors (Lipinski definition) is 2. The van der Waals surface area contributed by atoms with Gasteiger partial charge in [0, 0.05) is 17.9 Å². The van der Waals surface area contributed by atoms with Crippen LogP contribution in [0.3, 0.4) is 0 Å². The molecule has 0 aliphatic carbocycles. The minimum Gasteiger partial charge on any atom is -0.497 e. The monoisotopic (exact) mass is 298 g/mol. The van der Waals surface area contributed by atoms with Gasteiger partial charge in [0.05, 0.1) is 7.11 Å². The van der Waals surface area contributed by atoms with Crippen LogP contribution in [0.2, 0.25) is 0 Å². The Balaban J connectivity index is 1.76. The fourth-order valence-electron chi connectivity index (χ4n) is 2.61. The van der Waals surface area contributed by atoms with E-state index in [1.165, 1.54) is 11.3 Å². The highest BCUT2D eigenvalue weighted by atomic mass is 32.1. The van der Waals surface area contributed by atoms with Crippen molar-refractivity contribution < 1.29 is 4.74 Å². The molecule has 0 aromatic heterocycles. The molecule has 108 valence electrons. The summed E-state index contributed by atoms with van der Waals surface area (Å²) >= 11 is 5.58. The summed E-state index contributed by atoms with van der Waals surface area (Å²) in [5.41, 5.74) is 3.56. The minimum absolute atomic E-state index is 0.743. The number of nitrogens with zero attached hydrogens (tertiary/aromatic N) is 1. The first-order valence-electron chi connectivity index (χ1n) is 7.08. The van der Waals surface area contributed by atoms with Crippen molar-refractivity contribution in [3.05, 3.63) is 54.1 Å². The molecule has 1 aliphatic heterocycles. The summed E-state index contributed by atoms with van der Waals surface area (Å²) in [7, 11) is 1.66. The van der Waals surface area contributed by atoms with Crippen LogP contribution in [0.15, 0.2) is 48.5 Å². The number of fused-ring (bicyclic) bond motifs is 1. The highest BCUT2D eigenvalue weighted by molar-refractivity contribution is 7.80. The largest absolute Gasteiger partial charge is 0.497 e. The number of anilines is 2. The zero-order chi connectivity index (χ0) is 14.7. The Labute approximate surface area is 130 Å². The number of hydrogen-bond donors (Lipinski definition) is 1. The van der Waals surface area contributed by atoms with Crippen LogP contribution in [0.5, 0.6) is 5.75 Å². The number of rotatable bonds is 2. The number of benzene rings is 2. The zero-order valence-corrected chi connectivity index (χ0v) is 12.8. The third-order valence-corrected chi connectivity index (χ3v) is 4.02. The maximum absolute atomic E-state index is 5.58. The van der Waals surface area contributed by atoms with E-state index < -0.39 is 0 Å². The van der Waals surface area contributed by atoms with Crippen molar-refractivity contribution in [3.63, 3.8) is 0 Å². The second-order valence-electron chi connectivity index (χ2n) is 5.04. The van der Waals surface area contributed by atoms with E-state index in [2.05, 4.69) is 34.5 Å². The first kappa shape index (κ1) is 13.9. The van der Waals surface area contributed by atoms with Gasteiger partial charge in [-0.3, -0.25) is 0 Å². The standard InChI is InChI=1S/C17H18N2OS/c1-20-15-10-8-14(9-11-15)18-17(21)19-12-4-6-13-5-2-3-7-16(13)19/h2-3,5,7-11H,4,6,12H2,1H3,(H,18,21). The van der Waals surface area contributed by atoms with Crippen LogP contribution in [0.25, 0.3) is 0 Å². The molecule has 0 unspecified atom stereocenters. The van der Waals surface area contributed by atoms with Crippen molar-refractivity contribution in [2.75, 3.05) is 23.9 Å². The lowest BCUT2D eigenvalue weighted by Gasteiger charge is -2.31. The van der Waals surface area contributed by atoms with Crippen molar-refractivity contribution in [2.24, 2.45) is 0 Å². The molecule has 4 heteroatoms. The van der Waals surface area contributed by atoms with Gasteiger partial charge in [0.15, 0.2) is 5.11 Å². The van der Waals surface area contributed by atoms with Crippen LogP contribution in [0.4, 0.5) is 11.4 Å². The highest BCUT2D eigenvalue weighted by Gasteiger charge is 2.19. The van der Waals surface area contributed by atoms with Crippen LogP contribution in [-0.4, -0.2) is 18.8 Å². The van der Waals surface area contributed by atoms with Crippen molar-refractivity contribution in [2.45, 2.75) is 12.8 Å². The molecule has 1 heterocycles. The Morgan fingerprint density at radius 1 is 1.14 bits per heavy atom. The van der Waals surface area contributed by atoms with Crippen LogP contribution < -0.4 is 15.0 Å². The van der Waals surface area contributed by atoms with E-state index in [9.17, 15) is 0 Å². The first-order chi connectivity index (χ1) is 10.3. The number of aryl methyl sites for hydroxylation is 1. The van der Waals surface area contributed by atoms with Gasteiger partial charge in [-0.1, -0.05) is 18.2 Å². The Kier molecular flexibility index (Phi) is 4.06. The van der Waals surface area contributed by atoms with Crippen LogP contribution in [-0.2, 0) is 6.42 Å². The predicted molar refractivity (Wildman–Crippen MR) is 91.3 cm³/mol. The number of nitrogens with one attached hydrogen (secondary N) is 1. The summed E-state index contributed by atoms with van der Waals surface area (Å²) in [6, 6.07) is 16.3. The topological polar surface area (TPSA) is 24.5 Å². The van der Waals surface area contributed by atoms with Gasteiger partial charge in [0.1, 0.15) is 5.75 Å². The van der Waals surface area contributed by atoms with Gasteiger partial charge in [0.2, 0.25) is 0 Å². The lowest BCUT2D eigenvalue weighted by Crippen LogP contribution is -2.38. The summed E-state index contributed by atoms with van der Waals surface area (Å²) in [6.45, 7) is 0.957. The fourth-order valence-corrected chi connectivity index (χ4v) is 2.92. The number of para-hydroxylation sites is 1. The van der Waals surface area contributed by atoms with E-state index in [1.54, 1.807) is 7.11 Å². The maximum atomic E-state index is 5.58. The third-order valence-electron chi connectivity index (χ3n) is 3.70. The van der Waals surface area contributed by atoms with E-state index in [4.69, 9.17) is 17.0 Å². The zero-order valence-electron chi connectivity index (χ0n) is 12.0. The fraction of sp³-hybridized carbons (Fsp3) is 0.235. The average Bonchev–Trinajstić information content (AvgIpc) is 2.55. The van der Waals surface area contributed by atoms with E-state index >= 15 is 0 Å². The van der Waals surface area contributed by atoms with Crippen molar-refractivity contribution >= 4 is 28.7 Å². The van der Waals surface area contributed by atoms with E-state index in [0.717, 1.165) is 35.9 Å². The minimum atomic E-state index is 0.743. The lowest BCUT2D eigenvalue weighted by molar-refractivity contribution is 0.415. The van der Waals surface area contributed by atoms with Gasteiger partial charge in [-0.25, -0.2) is 0 Å². The first-order valence-corrected chi connectivity index (χ1v) is 7.49. The molecule has 0 spiro atoms. The van der Waals surface area contributed by atoms with Gasteiger partial charge < -0.3 is 15.0 Å². The van der Waals surface area contributed by atoms with Crippen molar-refractivity contribution in [1.82, 2.24) is 0 Å². The summed E-state index contributed by atoms with van der Waals surface area (Å²) in [5.74, 6) is 0.842. The van der Waals surface area contributed by atoms with Gasteiger partial charge >= 0.3 is 0 Å². The molecule has 0 amide bonds. The SMILES string of the molecule is COc1ccc(NC(=S)N2CCCc3ccccc32)cc1. The quantitative estimate of drug-likeness (QED) is 0.851. The Hall–Kier alpha value is -2.07. The lowest BCUT2D eigenvalue weighted by atomic mass is 10.0. The molecule has 1 aliphatic rings. The molecule has 21 heavy (non-hydrogen) atoms. The van der Waals surface area contributed by atoms with Crippen molar-refractivity contribution in [1.29, 1.82) is 0 Å². The number of ether oxygens (including phenoxy) is 1. The average molecular weight is 298 g/mol. The summed E-state index contributed by atoms with van der Waals surface area (Å²) in [5, 5.41) is 4.05. The van der Waals surface area contributed by atoms with Gasteiger partial charge in [-0.05, 0) is 61.0 Å². The van der Waals surface area contributed by atoms with Gasteiger partial charge in [0.25, 0.3) is 0 Å². The third kappa shape index (κ3) is 3.00. The second-order valence-corrected chi connectivity index (χ2v) is 5.43. The molecule has 3 nitrogen and oxygen atoms in total. The van der Waals surface area contributed by atoms with Crippen LogP contribution >= 0.6 is 12.2 Å². The van der Waals surface area contributed by atoms with E-state index in [1.807, 2.05) is 24.3 Å². The molecule has 1 N–H and O–H groups in total. The normalized spacial score (nSPS) is 13.5. The molecular formula is C17H18N2OS. The molecule has 0 bridgehead atoms. The number of methoxy groups -OCH3 is 1. The predicted octanol–water partition coefficient (Wildman–Crippen LogP) is 3.84. The molecule has 2 aromatic rings. The second kappa shape index (κ2) is 6.14. The van der Waals surface area contributed by atoms with Gasteiger partial charge in [-0.2, -0.15) is 0 Å². The number of thiocarbonyl (C=S) groups is 1. The van der Waals surface area contributed by atoms with Crippen LogP contribution in [0, 0.1) is 0 Å². The van der Waals surface area contributed by atoms with E-state index in [0.29, 0.717) is 0 Å². The summed E-state index contributed by atoms with van der Waals surface area (Å²) in [4.78, 5) is 2.18. The molecule has 0 saturated heterocycles. The molecule has 2 aromatic carbocycles. The molecule has 0 saturated carbocycles. The maximum Gasteiger partial charge on any atom is 0.177 e. The molecule has 0 radical (unpaired) electrons. The summed E-state index contributed by atoms with van der Waals surface area (Å²) < 4.78 is 5.17. The Morgan fingerprint density at radius 2 is 1.90 bits per heavy atom. The molecule has 3 rings (SSSR count). The van der Waals surface area contributed by atoms with Crippen molar-refractivity contribution in [3.8, 4) is 5.75 Å². The Bertz CT molecular complexity index is 639. The summed E-state index contributed by atoms with van der Waals surface area (Å²) in [6.07, 6.45) is 2.25. The van der Waals surface area contributed by atoms with Gasteiger partial charge in [-0.15, -0.1) is 0 Å².